The highest BCUT2D eigenvalue weighted by atomic mass is 16.3. The Hall–Kier alpha value is -2.10. The molecule has 3 aromatic rings. The number of hydrogen-bond acceptors (Lipinski definition) is 2. The molecule has 0 spiro atoms. The number of benzene rings is 2. The fourth-order valence-electron chi connectivity index (χ4n) is 3.84. The average Bonchev–Trinajstić information content (AvgIpc) is 3.01. The quantitative estimate of drug-likeness (QED) is 0.675. The second-order valence-electron chi connectivity index (χ2n) is 6.84. The average molecular weight is 320 g/mol. The lowest BCUT2D eigenvalue weighted by Crippen LogP contribution is -2.35. The molecule has 1 aromatic heterocycles. The summed E-state index contributed by atoms with van der Waals surface area (Å²) in [5.74, 6) is 0. The van der Waals surface area contributed by atoms with Gasteiger partial charge in [0.1, 0.15) is 0 Å². The molecule has 0 aliphatic heterocycles. The topological polar surface area (TPSA) is 48.0 Å². The second kappa shape index (κ2) is 6.42. The van der Waals surface area contributed by atoms with Gasteiger partial charge in [-0.1, -0.05) is 36.4 Å². The Morgan fingerprint density at radius 2 is 2.00 bits per heavy atom. The van der Waals surface area contributed by atoms with Crippen molar-refractivity contribution in [3.63, 3.8) is 0 Å². The van der Waals surface area contributed by atoms with Crippen molar-refractivity contribution in [2.75, 3.05) is 6.61 Å². The normalized spacial score (nSPS) is 18.5. The number of H-pyrrole nitrogens is 1. The van der Waals surface area contributed by atoms with Gasteiger partial charge in [-0.2, -0.15) is 0 Å². The van der Waals surface area contributed by atoms with Crippen LogP contribution in [0.15, 0.2) is 48.5 Å². The number of rotatable bonds is 4. The van der Waals surface area contributed by atoms with Crippen molar-refractivity contribution in [3.8, 4) is 11.1 Å². The van der Waals surface area contributed by atoms with E-state index in [2.05, 4.69) is 58.8 Å². The Bertz CT molecular complexity index is 838. The molecule has 1 aliphatic carbocycles. The van der Waals surface area contributed by atoms with E-state index in [1.54, 1.807) is 0 Å². The third kappa shape index (κ3) is 2.74. The Labute approximate surface area is 142 Å². The van der Waals surface area contributed by atoms with Crippen LogP contribution in [-0.2, 0) is 6.42 Å². The van der Waals surface area contributed by atoms with Crippen molar-refractivity contribution in [3.05, 3.63) is 59.8 Å². The first kappa shape index (κ1) is 15.4. The van der Waals surface area contributed by atoms with Gasteiger partial charge in [0.15, 0.2) is 0 Å². The van der Waals surface area contributed by atoms with E-state index in [4.69, 9.17) is 0 Å². The van der Waals surface area contributed by atoms with Gasteiger partial charge in [0.25, 0.3) is 0 Å². The molecule has 3 heteroatoms. The van der Waals surface area contributed by atoms with E-state index in [0.29, 0.717) is 6.04 Å². The minimum Gasteiger partial charge on any atom is -0.395 e. The predicted octanol–water partition coefficient (Wildman–Crippen LogP) is 4.18. The van der Waals surface area contributed by atoms with Crippen LogP contribution < -0.4 is 5.32 Å². The Kier molecular flexibility index (Phi) is 4.13. The first-order valence-corrected chi connectivity index (χ1v) is 8.83. The molecule has 1 heterocycles. The summed E-state index contributed by atoms with van der Waals surface area (Å²) < 4.78 is 0. The largest absolute Gasteiger partial charge is 0.395 e. The Balaban J connectivity index is 1.76. The molecular weight excluding hydrogens is 296 g/mol. The minimum atomic E-state index is 0.118. The molecule has 0 bridgehead atoms. The van der Waals surface area contributed by atoms with Crippen LogP contribution in [0, 0.1) is 0 Å². The molecule has 24 heavy (non-hydrogen) atoms. The van der Waals surface area contributed by atoms with Crippen molar-refractivity contribution < 1.29 is 5.11 Å². The maximum absolute atomic E-state index is 9.34. The number of aliphatic hydroxyl groups is 1. The summed E-state index contributed by atoms with van der Waals surface area (Å²) in [6.07, 6.45) is 3.43. The molecule has 2 aromatic carbocycles. The van der Waals surface area contributed by atoms with Crippen molar-refractivity contribution in [2.24, 2.45) is 0 Å². The minimum absolute atomic E-state index is 0.118. The first-order chi connectivity index (χ1) is 11.8. The van der Waals surface area contributed by atoms with Crippen molar-refractivity contribution in [1.82, 2.24) is 10.3 Å². The van der Waals surface area contributed by atoms with Crippen LogP contribution >= 0.6 is 0 Å². The third-order valence-electron chi connectivity index (χ3n) is 5.07. The highest BCUT2D eigenvalue weighted by Gasteiger charge is 2.25. The number of nitrogens with one attached hydrogen (secondary N) is 2. The molecule has 0 saturated heterocycles. The van der Waals surface area contributed by atoms with Gasteiger partial charge >= 0.3 is 0 Å². The zero-order chi connectivity index (χ0) is 16.5. The van der Waals surface area contributed by atoms with Crippen LogP contribution in [0.2, 0.25) is 0 Å². The third-order valence-corrected chi connectivity index (χ3v) is 5.07. The summed E-state index contributed by atoms with van der Waals surface area (Å²) in [5, 5.41) is 14.2. The number of fused-ring (bicyclic) bond motifs is 3. The van der Waals surface area contributed by atoms with Gasteiger partial charge in [-0.15, -0.1) is 0 Å². The molecule has 4 rings (SSSR count). The molecule has 0 fully saturated rings. The molecule has 124 valence electrons. The number of aromatic nitrogens is 1. The van der Waals surface area contributed by atoms with Gasteiger partial charge in [0.05, 0.1) is 6.61 Å². The van der Waals surface area contributed by atoms with Crippen LogP contribution in [0.5, 0.6) is 0 Å². The Morgan fingerprint density at radius 1 is 1.17 bits per heavy atom. The highest BCUT2D eigenvalue weighted by molar-refractivity contribution is 5.89. The van der Waals surface area contributed by atoms with E-state index >= 15 is 0 Å². The summed E-state index contributed by atoms with van der Waals surface area (Å²) >= 11 is 0. The standard InChI is InChI=1S/C21H24N2O/c1-14(13-24)22-20-9-5-8-17-18-12-16(15-6-3-2-4-7-15)10-11-19(18)23-21(17)20/h2-4,6-7,10-12,14,20,22-24H,5,8-9,13H2,1H3/t14-,20-/m0/s1. The lowest BCUT2D eigenvalue weighted by molar-refractivity contribution is 0.235. The fourth-order valence-corrected chi connectivity index (χ4v) is 3.84. The smallest absolute Gasteiger partial charge is 0.0582 e. The molecular formula is C21H24N2O. The van der Waals surface area contributed by atoms with Crippen LogP contribution in [0.3, 0.4) is 0 Å². The second-order valence-corrected chi connectivity index (χ2v) is 6.84. The van der Waals surface area contributed by atoms with Gasteiger partial charge in [0.2, 0.25) is 0 Å². The fraction of sp³-hybridized carbons (Fsp3) is 0.333. The van der Waals surface area contributed by atoms with Gasteiger partial charge in [-0.25, -0.2) is 0 Å². The SMILES string of the molecule is C[C@@H](CO)N[C@H]1CCCc2c1[nH]c1ccc(-c3ccccc3)cc21. The lowest BCUT2D eigenvalue weighted by Gasteiger charge is -2.26. The summed E-state index contributed by atoms with van der Waals surface area (Å²) in [6, 6.07) is 17.7. The zero-order valence-corrected chi connectivity index (χ0v) is 14.0. The zero-order valence-electron chi connectivity index (χ0n) is 14.0. The van der Waals surface area contributed by atoms with Crippen molar-refractivity contribution in [2.45, 2.75) is 38.3 Å². The molecule has 3 N–H and O–H groups in total. The number of aliphatic hydroxyl groups excluding tert-OH is 1. The van der Waals surface area contributed by atoms with E-state index in [0.717, 1.165) is 12.8 Å². The van der Waals surface area contributed by atoms with Gasteiger partial charge in [-0.3, -0.25) is 0 Å². The van der Waals surface area contributed by atoms with Crippen LogP contribution in [0.25, 0.3) is 22.0 Å². The van der Waals surface area contributed by atoms with Gasteiger partial charge < -0.3 is 15.4 Å². The lowest BCUT2D eigenvalue weighted by atomic mass is 9.90. The van der Waals surface area contributed by atoms with E-state index in [-0.39, 0.29) is 12.6 Å². The van der Waals surface area contributed by atoms with E-state index in [1.807, 2.05) is 6.92 Å². The van der Waals surface area contributed by atoms with E-state index in [9.17, 15) is 5.11 Å². The summed E-state index contributed by atoms with van der Waals surface area (Å²) in [5.41, 5.74) is 6.49. The summed E-state index contributed by atoms with van der Waals surface area (Å²) in [6.45, 7) is 2.20. The van der Waals surface area contributed by atoms with Crippen molar-refractivity contribution >= 4 is 10.9 Å². The molecule has 3 nitrogen and oxygen atoms in total. The maximum Gasteiger partial charge on any atom is 0.0582 e. The molecule has 2 atom stereocenters. The number of aromatic amines is 1. The van der Waals surface area contributed by atoms with E-state index in [1.165, 1.54) is 39.7 Å². The monoisotopic (exact) mass is 320 g/mol. The van der Waals surface area contributed by atoms with Gasteiger partial charge in [0, 0.05) is 28.7 Å². The van der Waals surface area contributed by atoms with Crippen LogP contribution in [-0.4, -0.2) is 22.7 Å². The predicted molar refractivity (Wildman–Crippen MR) is 99.1 cm³/mol. The first-order valence-electron chi connectivity index (χ1n) is 8.83. The number of aryl methyl sites for hydroxylation is 1. The van der Waals surface area contributed by atoms with Crippen molar-refractivity contribution in [1.29, 1.82) is 0 Å². The Morgan fingerprint density at radius 3 is 2.79 bits per heavy atom. The van der Waals surface area contributed by atoms with Crippen LogP contribution in [0.1, 0.15) is 37.1 Å². The molecule has 0 saturated carbocycles. The molecule has 1 aliphatic rings. The van der Waals surface area contributed by atoms with Gasteiger partial charge in [-0.05, 0) is 55.0 Å². The highest BCUT2D eigenvalue weighted by Crippen LogP contribution is 2.36. The van der Waals surface area contributed by atoms with Crippen LogP contribution in [0.4, 0.5) is 0 Å². The summed E-state index contributed by atoms with van der Waals surface area (Å²) in [7, 11) is 0. The molecule has 0 radical (unpaired) electrons. The molecule has 0 unspecified atom stereocenters. The molecule has 0 amide bonds. The van der Waals surface area contributed by atoms with E-state index < -0.39 is 0 Å². The maximum atomic E-state index is 9.34. The summed E-state index contributed by atoms with van der Waals surface area (Å²) in [4.78, 5) is 3.63. The number of hydrogen-bond donors (Lipinski definition) is 3.